The van der Waals surface area contributed by atoms with Crippen LogP contribution in [0.4, 0.5) is 0 Å². The largest absolute Gasteiger partial charge is 0.496 e. The molecule has 188 valence electrons. The Hall–Kier alpha value is -2.70. The number of aryl methyl sites for hydroxylation is 2. The summed E-state index contributed by atoms with van der Waals surface area (Å²) in [4.78, 5) is 2.35. The summed E-state index contributed by atoms with van der Waals surface area (Å²) in [6.45, 7) is 8.65. The van der Waals surface area contributed by atoms with Gasteiger partial charge < -0.3 is 18.9 Å². The Morgan fingerprint density at radius 1 is 0.667 bits per heavy atom. The predicted molar refractivity (Wildman–Crippen MR) is 150 cm³/mol. The molecular weight excluding hydrogens is 488 g/mol. The molecule has 36 heavy (non-hydrogen) atoms. The highest BCUT2D eigenvalue weighted by Gasteiger charge is 2.33. The zero-order valence-corrected chi connectivity index (χ0v) is 23.4. The molecule has 0 aliphatic carbocycles. The van der Waals surface area contributed by atoms with Crippen LogP contribution in [0.25, 0.3) is 30.3 Å². The molecule has 0 atom stereocenters. The Morgan fingerprint density at radius 2 is 1.08 bits per heavy atom. The van der Waals surface area contributed by atoms with Gasteiger partial charge in [0.1, 0.15) is 34.2 Å². The van der Waals surface area contributed by atoms with Crippen molar-refractivity contribution in [1.29, 1.82) is 0 Å². The second-order valence-corrected chi connectivity index (χ2v) is 13.1. The van der Waals surface area contributed by atoms with Gasteiger partial charge >= 0.3 is 0 Å². The standard InChI is InChI=1S/C30H32O4S2/c1-29(2)13-11-17-7-9-19(31-5)25(27(17)33-29)23-15-21-22(35-23)16-24(36-21)26-20(32-6)10-8-18-12-14-30(3,4)34-28(18)26/h7-10,15-16H,11-14H2,1-6H3. The third-order valence-electron chi connectivity index (χ3n) is 7.29. The molecule has 4 aromatic rings. The van der Waals surface area contributed by atoms with E-state index in [4.69, 9.17) is 18.9 Å². The van der Waals surface area contributed by atoms with Crippen LogP contribution in [0.15, 0.2) is 36.4 Å². The van der Waals surface area contributed by atoms with Crippen molar-refractivity contribution in [2.24, 2.45) is 0 Å². The Balaban J connectivity index is 1.47. The Labute approximate surface area is 220 Å². The number of rotatable bonds is 4. The van der Waals surface area contributed by atoms with Gasteiger partial charge in [-0.05, 0) is 88.8 Å². The van der Waals surface area contributed by atoms with Crippen molar-refractivity contribution in [3.8, 4) is 43.9 Å². The predicted octanol–water partition coefficient (Wildman–Crippen LogP) is 8.52. The lowest BCUT2D eigenvalue weighted by Crippen LogP contribution is -2.32. The van der Waals surface area contributed by atoms with Crippen molar-refractivity contribution in [2.45, 2.75) is 64.6 Å². The number of fused-ring (bicyclic) bond motifs is 3. The Morgan fingerprint density at radius 3 is 1.47 bits per heavy atom. The van der Waals surface area contributed by atoms with Crippen LogP contribution in [-0.2, 0) is 12.8 Å². The smallest absolute Gasteiger partial charge is 0.135 e. The van der Waals surface area contributed by atoms with E-state index in [-0.39, 0.29) is 11.2 Å². The maximum absolute atomic E-state index is 6.52. The maximum atomic E-state index is 6.52. The molecule has 0 amide bonds. The van der Waals surface area contributed by atoms with Gasteiger partial charge in [-0.15, -0.1) is 22.7 Å². The van der Waals surface area contributed by atoms with Crippen LogP contribution >= 0.6 is 22.7 Å². The summed E-state index contributed by atoms with van der Waals surface area (Å²) in [5, 5.41) is 0. The lowest BCUT2D eigenvalue weighted by molar-refractivity contribution is 0.0848. The van der Waals surface area contributed by atoms with Crippen molar-refractivity contribution in [3.05, 3.63) is 47.5 Å². The first kappa shape index (κ1) is 23.7. The van der Waals surface area contributed by atoms with E-state index in [9.17, 15) is 0 Å². The molecule has 6 heteroatoms. The summed E-state index contributed by atoms with van der Waals surface area (Å²) in [5.74, 6) is 3.65. The van der Waals surface area contributed by atoms with Crippen LogP contribution < -0.4 is 18.9 Å². The lowest BCUT2D eigenvalue weighted by Gasteiger charge is -2.34. The Bertz CT molecular complexity index is 1340. The molecule has 0 radical (unpaired) electrons. The van der Waals surface area contributed by atoms with Crippen molar-refractivity contribution in [2.75, 3.05) is 14.2 Å². The zero-order valence-electron chi connectivity index (χ0n) is 21.7. The first-order chi connectivity index (χ1) is 17.2. The maximum Gasteiger partial charge on any atom is 0.135 e. The van der Waals surface area contributed by atoms with Gasteiger partial charge in [0.15, 0.2) is 0 Å². The van der Waals surface area contributed by atoms with E-state index >= 15 is 0 Å². The van der Waals surface area contributed by atoms with Crippen LogP contribution in [0.2, 0.25) is 0 Å². The van der Waals surface area contributed by atoms with Gasteiger partial charge in [0.2, 0.25) is 0 Å². The topological polar surface area (TPSA) is 36.9 Å². The molecule has 0 bridgehead atoms. The minimum atomic E-state index is -0.188. The first-order valence-corrected chi connectivity index (χ1v) is 14.1. The summed E-state index contributed by atoms with van der Waals surface area (Å²) in [5.41, 5.74) is 4.26. The van der Waals surface area contributed by atoms with Crippen molar-refractivity contribution in [1.82, 2.24) is 0 Å². The fourth-order valence-electron chi connectivity index (χ4n) is 5.26. The van der Waals surface area contributed by atoms with Crippen LogP contribution in [0.5, 0.6) is 23.0 Å². The van der Waals surface area contributed by atoms with E-state index in [1.165, 1.54) is 30.3 Å². The molecule has 4 heterocycles. The number of ether oxygens (including phenoxy) is 4. The molecule has 2 aliphatic heterocycles. The minimum absolute atomic E-state index is 0.188. The van der Waals surface area contributed by atoms with Crippen LogP contribution in [0.3, 0.4) is 0 Å². The van der Waals surface area contributed by atoms with Crippen LogP contribution in [0.1, 0.15) is 51.7 Å². The average Bonchev–Trinajstić information content (AvgIpc) is 3.40. The normalized spacial score (nSPS) is 17.6. The average molecular weight is 521 g/mol. The van der Waals surface area contributed by atoms with Gasteiger partial charge in [0.05, 0.1) is 25.3 Å². The number of benzene rings is 2. The molecule has 2 aliphatic rings. The van der Waals surface area contributed by atoms with Crippen LogP contribution in [-0.4, -0.2) is 25.4 Å². The lowest BCUT2D eigenvalue weighted by atomic mass is 9.92. The van der Waals surface area contributed by atoms with E-state index < -0.39 is 0 Å². The zero-order chi connectivity index (χ0) is 25.2. The molecule has 0 unspecified atom stereocenters. The SMILES string of the molecule is COc1ccc2c(c1-c1cc3sc(-c4c(OC)ccc5c4OC(C)(C)CC5)cc3s1)OC(C)(C)CC2. The van der Waals surface area contributed by atoms with E-state index in [1.807, 2.05) is 0 Å². The van der Waals surface area contributed by atoms with Gasteiger partial charge in [0, 0.05) is 19.2 Å². The van der Waals surface area contributed by atoms with E-state index in [0.717, 1.165) is 59.8 Å². The summed E-state index contributed by atoms with van der Waals surface area (Å²) < 4.78 is 27.2. The first-order valence-electron chi connectivity index (χ1n) is 12.5. The molecule has 0 N–H and O–H groups in total. The molecule has 2 aromatic carbocycles. The second-order valence-electron chi connectivity index (χ2n) is 10.9. The van der Waals surface area contributed by atoms with E-state index in [1.54, 1.807) is 36.9 Å². The van der Waals surface area contributed by atoms with Gasteiger partial charge in [-0.25, -0.2) is 0 Å². The number of hydrogen-bond donors (Lipinski definition) is 0. The summed E-state index contributed by atoms with van der Waals surface area (Å²) in [6, 6.07) is 13.0. The van der Waals surface area contributed by atoms with Crippen molar-refractivity contribution < 1.29 is 18.9 Å². The third kappa shape index (κ3) is 3.95. The third-order valence-corrected chi connectivity index (χ3v) is 9.62. The summed E-state index contributed by atoms with van der Waals surface area (Å²) >= 11 is 3.58. The van der Waals surface area contributed by atoms with E-state index in [0.29, 0.717) is 0 Å². The summed E-state index contributed by atoms with van der Waals surface area (Å²) in [7, 11) is 3.47. The van der Waals surface area contributed by atoms with E-state index in [2.05, 4.69) is 64.1 Å². The monoisotopic (exact) mass is 520 g/mol. The molecule has 6 rings (SSSR count). The highest BCUT2D eigenvalue weighted by Crippen LogP contribution is 2.53. The number of thiophene rings is 2. The molecular formula is C30H32O4S2. The van der Waals surface area contributed by atoms with Crippen molar-refractivity contribution >= 4 is 32.1 Å². The summed E-state index contributed by atoms with van der Waals surface area (Å²) in [6.07, 6.45) is 4.05. The van der Waals surface area contributed by atoms with Gasteiger partial charge in [-0.1, -0.05) is 12.1 Å². The molecule has 0 saturated heterocycles. The molecule has 0 spiro atoms. The number of hydrogen-bond acceptors (Lipinski definition) is 6. The van der Waals surface area contributed by atoms with Crippen molar-refractivity contribution in [3.63, 3.8) is 0 Å². The van der Waals surface area contributed by atoms with Gasteiger partial charge in [-0.2, -0.15) is 0 Å². The highest BCUT2D eigenvalue weighted by molar-refractivity contribution is 7.31. The molecule has 0 saturated carbocycles. The quantitative estimate of drug-likeness (QED) is 0.270. The molecule has 0 fully saturated rings. The van der Waals surface area contributed by atoms with Crippen LogP contribution in [0, 0.1) is 0 Å². The minimum Gasteiger partial charge on any atom is -0.496 e. The number of methoxy groups -OCH3 is 2. The highest BCUT2D eigenvalue weighted by atomic mass is 32.1. The fourth-order valence-corrected chi connectivity index (χ4v) is 7.75. The van der Waals surface area contributed by atoms with Gasteiger partial charge in [0.25, 0.3) is 0 Å². The fraction of sp³-hybridized carbons (Fsp3) is 0.400. The second kappa shape index (κ2) is 8.42. The molecule has 2 aromatic heterocycles. The Kier molecular flexibility index (Phi) is 5.54. The molecule has 4 nitrogen and oxygen atoms in total. The van der Waals surface area contributed by atoms with Gasteiger partial charge in [-0.3, -0.25) is 0 Å².